The van der Waals surface area contributed by atoms with Gasteiger partial charge in [0.05, 0.1) is 6.21 Å². The van der Waals surface area contributed by atoms with Crippen LogP contribution < -0.4 is 5.43 Å². The molecule has 0 radical (unpaired) electrons. The number of benzene rings is 1. The van der Waals surface area contributed by atoms with E-state index >= 15 is 0 Å². The number of rotatable bonds is 4. The van der Waals surface area contributed by atoms with Crippen LogP contribution in [0.2, 0.25) is 0 Å². The van der Waals surface area contributed by atoms with Crippen LogP contribution in [-0.2, 0) is 4.79 Å². The minimum Gasteiger partial charge on any atom is -0.273 e. The molecule has 84 valence electrons. The summed E-state index contributed by atoms with van der Waals surface area (Å²) in [6.45, 7) is 0. The standard InChI is InChI=1S/C12H14N2OS/c1-16-11-6-2-9(3-7-11)8-13-14-12(15)10-4-5-10/h2-3,6-8,10H,4-5H2,1H3,(H,14,15)/b13-8+. The first-order valence-electron chi connectivity index (χ1n) is 5.26. The number of nitrogens with one attached hydrogen (secondary N) is 1. The van der Waals surface area contributed by atoms with Crippen LogP contribution in [0.4, 0.5) is 0 Å². The van der Waals surface area contributed by atoms with E-state index in [0.717, 1.165) is 18.4 Å². The van der Waals surface area contributed by atoms with Gasteiger partial charge in [-0.25, -0.2) is 5.43 Å². The average Bonchev–Trinajstić information content (AvgIpc) is 3.14. The third kappa shape index (κ3) is 3.10. The van der Waals surface area contributed by atoms with Gasteiger partial charge in [-0.2, -0.15) is 5.10 Å². The average molecular weight is 234 g/mol. The Morgan fingerprint density at radius 3 is 2.69 bits per heavy atom. The molecule has 2 rings (SSSR count). The minimum absolute atomic E-state index is 0.0389. The fourth-order valence-corrected chi connectivity index (χ4v) is 1.71. The normalized spacial score (nSPS) is 15.3. The molecule has 1 aromatic carbocycles. The fourth-order valence-electron chi connectivity index (χ4n) is 1.30. The van der Waals surface area contributed by atoms with E-state index in [0.29, 0.717) is 0 Å². The number of hydrazone groups is 1. The number of hydrogen-bond donors (Lipinski definition) is 1. The number of thioether (sulfide) groups is 1. The summed E-state index contributed by atoms with van der Waals surface area (Å²) < 4.78 is 0. The highest BCUT2D eigenvalue weighted by molar-refractivity contribution is 7.98. The molecule has 0 heterocycles. The Labute approximate surface area is 99.3 Å². The predicted octanol–water partition coefficient (Wildman–Crippen LogP) is 2.27. The third-order valence-electron chi connectivity index (χ3n) is 2.45. The Morgan fingerprint density at radius 2 is 2.12 bits per heavy atom. The highest BCUT2D eigenvalue weighted by atomic mass is 32.2. The van der Waals surface area contributed by atoms with Crippen LogP contribution in [0.3, 0.4) is 0 Å². The number of nitrogens with zero attached hydrogens (tertiary/aromatic N) is 1. The lowest BCUT2D eigenvalue weighted by Crippen LogP contribution is -2.18. The zero-order chi connectivity index (χ0) is 11.4. The lowest BCUT2D eigenvalue weighted by atomic mass is 10.2. The Bertz CT molecular complexity index is 396. The first-order valence-corrected chi connectivity index (χ1v) is 6.49. The smallest absolute Gasteiger partial charge is 0.243 e. The summed E-state index contributed by atoms with van der Waals surface area (Å²) in [4.78, 5) is 12.5. The molecule has 1 fully saturated rings. The van der Waals surface area contributed by atoms with Crippen molar-refractivity contribution in [3.8, 4) is 0 Å². The van der Waals surface area contributed by atoms with Gasteiger partial charge in [0.25, 0.3) is 0 Å². The van der Waals surface area contributed by atoms with Gasteiger partial charge in [0, 0.05) is 10.8 Å². The first-order chi connectivity index (χ1) is 7.79. The first kappa shape index (κ1) is 11.2. The van der Waals surface area contributed by atoms with E-state index in [-0.39, 0.29) is 11.8 Å². The van der Waals surface area contributed by atoms with Crippen molar-refractivity contribution < 1.29 is 4.79 Å². The molecule has 16 heavy (non-hydrogen) atoms. The van der Waals surface area contributed by atoms with Crippen molar-refractivity contribution in [2.24, 2.45) is 11.0 Å². The van der Waals surface area contributed by atoms with Crippen molar-refractivity contribution in [3.63, 3.8) is 0 Å². The molecule has 0 saturated heterocycles. The van der Waals surface area contributed by atoms with E-state index in [1.54, 1.807) is 18.0 Å². The van der Waals surface area contributed by atoms with Gasteiger partial charge in [-0.1, -0.05) is 12.1 Å². The monoisotopic (exact) mass is 234 g/mol. The molecule has 1 aromatic rings. The molecule has 1 aliphatic carbocycles. The minimum atomic E-state index is 0.0389. The van der Waals surface area contributed by atoms with Crippen LogP contribution >= 0.6 is 11.8 Å². The number of carbonyl (C=O) groups excluding carboxylic acids is 1. The van der Waals surface area contributed by atoms with Gasteiger partial charge in [-0.05, 0) is 36.8 Å². The second kappa shape index (κ2) is 5.16. The quantitative estimate of drug-likeness (QED) is 0.493. The summed E-state index contributed by atoms with van der Waals surface area (Å²) >= 11 is 1.70. The zero-order valence-corrected chi connectivity index (χ0v) is 9.96. The van der Waals surface area contributed by atoms with Gasteiger partial charge in [0.15, 0.2) is 0 Å². The second-order valence-corrected chi connectivity index (χ2v) is 4.66. The van der Waals surface area contributed by atoms with E-state index < -0.39 is 0 Å². The molecule has 0 aliphatic heterocycles. The largest absolute Gasteiger partial charge is 0.273 e. The van der Waals surface area contributed by atoms with Gasteiger partial charge < -0.3 is 0 Å². The van der Waals surface area contributed by atoms with Crippen molar-refractivity contribution >= 4 is 23.9 Å². The van der Waals surface area contributed by atoms with Crippen LogP contribution in [-0.4, -0.2) is 18.4 Å². The maximum Gasteiger partial charge on any atom is 0.243 e. The molecule has 0 unspecified atom stereocenters. The highest BCUT2D eigenvalue weighted by Crippen LogP contribution is 2.28. The van der Waals surface area contributed by atoms with Crippen molar-refractivity contribution in [2.45, 2.75) is 17.7 Å². The van der Waals surface area contributed by atoms with Crippen LogP contribution in [0.25, 0.3) is 0 Å². The molecule has 0 atom stereocenters. The van der Waals surface area contributed by atoms with Crippen LogP contribution in [0, 0.1) is 5.92 Å². The number of carbonyl (C=O) groups is 1. The summed E-state index contributed by atoms with van der Waals surface area (Å²) in [5.41, 5.74) is 3.54. The SMILES string of the molecule is CSc1ccc(/C=N/NC(=O)C2CC2)cc1. The zero-order valence-electron chi connectivity index (χ0n) is 9.14. The molecular weight excluding hydrogens is 220 g/mol. The Morgan fingerprint density at radius 1 is 1.44 bits per heavy atom. The van der Waals surface area contributed by atoms with Crippen molar-refractivity contribution in [1.29, 1.82) is 0 Å². The van der Waals surface area contributed by atoms with Crippen LogP contribution in [0.15, 0.2) is 34.3 Å². The van der Waals surface area contributed by atoms with E-state index in [1.165, 1.54) is 4.90 Å². The topological polar surface area (TPSA) is 41.5 Å². The molecule has 0 aromatic heterocycles. The maximum absolute atomic E-state index is 11.3. The summed E-state index contributed by atoms with van der Waals surface area (Å²) in [6, 6.07) is 8.04. The lowest BCUT2D eigenvalue weighted by Gasteiger charge is -1.97. The molecular formula is C12H14N2OS. The highest BCUT2D eigenvalue weighted by Gasteiger charge is 2.29. The molecule has 1 aliphatic rings. The molecule has 1 amide bonds. The Balaban J connectivity index is 1.87. The van der Waals surface area contributed by atoms with Crippen molar-refractivity contribution in [3.05, 3.63) is 29.8 Å². The van der Waals surface area contributed by atoms with E-state index in [1.807, 2.05) is 30.5 Å². The Kier molecular flexibility index (Phi) is 3.62. The fraction of sp³-hybridized carbons (Fsp3) is 0.333. The summed E-state index contributed by atoms with van der Waals surface area (Å²) in [5, 5.41) is 3.93. The summed E-state index contributed by atoms with van der Waals surface area (Å²) in [7, 11) is 0. The van der Waals surface area contributed by atoms with Gasteiger partial charge in [-0.3, -0.25) is 4.79 Å². The number of hydrogen-bond acceptors (Lipinski definition) is 3. The van der Waals surface area contributed by atoms with Gasteiger partial charge in [-0.15, -0.1) is 11.8 Å². The van der Waals surface area contributed by atoms with Crippen molar-refractivity contribution in [1.82, 2.24) is 5.43 Å². The molecule has 0 spiro atoms. The lowest BCUT2D eigenvalue weighted by molar-refractivity contribution is -0.122. The third-order valence-corrected chi connectivity index (χ3v) is 3.20. The van der Waals surface area contributed by atoms with Gasteiger partial charge >= 0.3 is 0 Å². The second-order valence-electron chi connectivity index (χ2n) is 3.78. The molecule has 1 N–H and O–H groups in total. The summed E-state index contributed by atoms with van der Waals surface area (Å²) in [6.07, 6.45) is 5.72. The molecule has 3 nitrogen and oxygen atoms in total. The van der Waals surface area contributed by atoms with E-state index in [2.05, 4.69) is 10.5 Å². The molecule has 0 bridgehead atoms. The van der Waals surface area contributed by atoms with E-state index in [4.69, 9.17) is 0 Å². The predicted molar refractivity (Wildman–Crippen MR) is 66.7 cm³/mol. The Hall–Kier alpha value is -1.29. The van der Waals surface area contributed by atoms with Crippen LogP contribution in [0.5, 0.6) is 0 Å². The number of amides is 1. The van der Waals surface area contributed by atoms with Gasteiger partial charge in [0.1, 0.15) is 0 Å². The van der Waals surface area contributed by atoms with Gasteiger partial charge in [0.2, 0.25) is 5.91 Å². The maximum atomic E-state index is 11.3. The van der Waals surface area contributed by atoms with Crippen molar-refractivity contribution in [2.75, 3.05) is 6.26 Å². The molecule has 4 heteroatoms. The molecule has 1 saturated carbocycles. The van der Waals surface area contributed by atoms with E-state index in [9.17, 15) is 4.79 Å². The summed E-state index contributed by atoms with van der Waals surface area (Å²) in [5.74, 6) is 0.244. The van der Waals surface area contributed by atoms with Crippen LogP contribution in [0.1, 0.15) is 18.4 Å².